The normalized spacial score (nSPS) is 11.7. The molecule has 0 amide bonds. The van der Waals surface area contributed by atoms with Crippen LogP contribution in [0.5, 0.6) is 0 Å². The molecule has 1 aromatic carbocycles. The molecule has 26 heavy (non-hydrogen) atoms. The van der Waals surface area contributed by atoms with Crippen LogP contribution in [0.3, 0.4) is 0 Å². The Bertz CT molecular complexity index is 1050. The first-order chi connectivity index (χ1) is 12.2. The standard InChI is InChI=1S/C17H22N6O2S/c1-6-23-14(5)16(17(20-23)22-9-18-19-10-22)21-26(24,25)15-8-11(2)7-12(3)13(15)4/h7-10,21H,6H2,1-5H3. The number of hydrogen-bond acceptors (Lipinski definition) is 5. The summed E-state index contributed by atoms with van der Waals surface area (Å²) in [7, 11) is -3.78. The smallest absolute Gasteiger partial charge is 0.262 e. The van der Waals surface area contributed by atoms with E-state index < -0.39 is 10.0 Å². The second-order valence-electron chi connectivity index (χ2n) is 6.28. The van der Waals surface area contributed by atoms with Crippen molar-refractivity contribution in [2.75, 3.05) is 4.72 Å². The van der Waals surface area contributed by atoms with E-state index in [-0.39, 0.29) is 4.90 Å². The van der Waals surface area contributed by atoms with Crippen LogP contribution < -0.4 is 4.72 Å². The first-order valence-corrected chi connectivity index (χ1v) is 9.76. The van der Waals surface area contributed by atoms with E-state index in [1.165, 1.54) is 12.7 Å². The molecule has 0 saturated heterocycles. The van der Waals surface area contributed by atoms with Gasteiger partial charge >= 0.3 is 0 Å². The van der Waals surface area contributed by atoms with Crippen LogP contribution in [0.1, 0.15) is 29.3 Å². The Hall–Kier alpha value is -2.68. The molecule has 1 N–H and O–H groups in total. The second kappa shape index (κ2) is 6.56. The van der Waals surface area contributed by atoms with Crippen molar-refractivity contribution >= 4 is 15.7 Å². The highest BCUT2D eigenvalue weighted by molar-refractivity contribution is 7.92. The van der Waals surface area contributed by atoms with Gasteiger partial charge in [-0.3, -0.25) is 14.0 Å². The lowest BCUT2D eigenvalue weighted by molar-refractivity contribution is 0.600. The summed E-state index contributed by atoms with van der Waals surface area (Å²) in [4.78, 5) is 0.272. The number of rotatable bonds is 5. The summed E-state index contributed by atoms with van der Waals surface area (Å²) in [5.74, 6) is 0.444. The maximum atomic E-state index is 13.1. The van der Waals surface area contributed by atoms with Gasteiger partial charge in [-0.1, -0.05) is 6.07 Å². The third-order valence-electron chi connectivity index (χ3n) is 4.44. The van der Waals surface area contributed by atoms with Crippen LogP contribution in [0.15, 0.2) is 29.7 Å². The fourth-order valence-electron chi connectivity index (χ4n) is 2.92. The second-order valence-corrected chi connectivity index (χ2v) is 7.93. The summed E-state index contributed by atoms with van der Waals surface area (Å²) in [5.41, 5.74) is 3.71. The minimum absolute atomic E-state index is 0.272. The van der Waals surface area contributed by atoms with Crippen LogP contribution in [0, 0.1) is 27.7 Å². The molecule has 0 aliphatic carbocycles. The zero-order valence-electron chi connectivity index (χ0n) is 15.5. The minimum atomic E-state index is -3.78. The van der Waals surface area contributed by atoms with Crippen LogP contribution in [0.4, 0.5) is 5.69 Å². The average molecular weight is 374 g/mol. The molecule has 3 rings (SSSR count). The third-order valence-corrected chi connectivity index (χ3v) is 5.92. The molecule has 2 heterocycles. The molecule has 0 aliphatic rings. The Morgan fingerprint density at radius 2 is 1.73 bits per heavy atom. The zero-order chi connectivity index (χ0) is 19.1. The number of nitrogens with zero attached hydrogens (tertiary/aromatic N) is 5. The monoisotopic (exact) mass is 374 g/mol. The number of nitrogens with one attached hydrogen (secondary N) is 1. The summed E-state index contributed by atoms with van der Waals surface area (Å²) >= 11 is 0. The van der Waals surface area contributed by atoms with E-state index in [4.69, 9.17) is 0 Å². The van der Waals surface area contributed by atoms with E-state index in [0.29, 0.717) is 18.1 Å². The van der Waals surface area contributed by atoms with Gasteiger partial charge in [0.05, 0.1) is 10.6 Å². The Morgan fingerprint density at radius 1 is 1.08 bits per heavy atom. The number of aromatic nitrogens is 5. The van der Waals surface area contributed by atoms with Crippen LogP contribution >= 0.6 is 0 Å². The molecule has 9 heteroatoms. The maximum Gasteiger partial charge on any atom is 0.262 e. The highest BCUT2D eigenvalue weighted by Crippen LogP contribution is 2.28. The van der Waals surface area contributed by atoms with Crippen molar-refractivity contribution < 1.29 is 8.42 Å². The van der Waals surface area contributed by atoms with Crippen molar-refractivity contribution in [1.29, 1.82) is 0 Å². The number of sulfonamides is 1. The molecule has 8 nitrogen and oxygen atoms in total. The molecule has 2 aromatic heterocycles. The van der Waals surface area contributed by atoms with E-state index in [0.717, 1.165) is 22.4 Å². The van der Waals surface area contributed by atoms with Crippen molar-refractivity contribution in [1.82, 2.24) is 24.5 Å². The Labute approximate surface area is 152 Å². The average Bonchev–Trinajstić information content (AvgIpc) is 3.20. The quantitative estimate of drug-likeness (QED) is 0.740. The molecule has 0 radical (unpaired) electrons. The van der Waals surface area contributed by atoms with E-state index in [2.05, 4.69) is 20.0 Å². The topological polar surface area (TPSA) is 94.7 Å². The molecule has 0 atom stereocenters. The van der Waals surface area contributed by atoms with Gasteiger partial charge in [0.2, 0.25) is 0 Å². The SMILES string of the molecule is CCn1nc(-n2cnnc2)c(NS(=O)(=O)c2cc(C)cc(C)c2C)c1C. The van der Waals surface area contributed by atoms with E-state index >= 15 is 0 Å². The van der Waals surface area contributed by atoms with Gasteiger partial charge in [-0.05, 0) is 57.4 Å². The molecule has 138 valence electrons. The molecular weight excluding hydrogens is 352 g/mol. The minimum Gasteiger partial charge on any atom is -0.274 e. The fourth-order valence-corrected chi connectivity index (χ4v) is 4.44. The summed E-state index contributed by atoms with van der Waals surface area (Å²) < 4.78 is 32.3. The third kappa shape index (κ3) is 3.10. The molecule has 3 aromatic rings. The molecule has 0 bridgehead atoms. The number of benzene rings is 1. The lowest BCUT2D eigenvalue weighted by Crippen LogP contribution is -2.16. The lowest BCUT2D eigenvalue weighted by atomic mass is 10.1. The van der Waals surface area contributed by atoms with E-state index in [1.54, 1.807) is 15.3 Å². The molecule has 0 fully saturated rings. The molecule has 0 unspecified atom stereocenters. The van der Waals surface area contributed by atoms with Crippen LogP contribution in [0.25, 0.3) is 5.82 Å². The Kier molecular flexibility index (Phi) is 4.57. The van der Waals surface area contributed by atoms with Gasteiger partial charge in [-0.2, -0.15) is 5.10 Å². The first-order valence-electron chi connectivity index (χ1n) is 8.27. The molecule has 0 spiro atoms. The van der Waals surface area contributed by atoms with Gasteiger partial charge in [0.1, 0.15) is 18.3 Å². The zero-order valence-corrected chi connectivity index (χ0v) is 16.3. The highest BCUT2D eigenvalue weighted by Gasteiger charge is 2.24. The van der Waals surface area contributed by atoms with Gasteiger partial charge < -0.3 is 0 Å². The van der Waals surface area contributed by atoms with E-state index in [9.17, 15) is 8.42 Å². The van der Waals surface area contributed by atoms with Gasteiger partial charge in [0.25, 0.3) is 10.0 Å². The van der Waals surface area contributed by atoms with Crippen LogP contribution in [-0.2, 0) is 16.6 Å². The van der Waals surface area contributed by atoms with Crippen molar-refractivity contribution in [3.63, 3.8) is 0 Å². The van der Waals surface area contributed by atoms with Crippen molar-refractivity contribution in [3.8, 4) is 5.82 Å². The fraction of sp³-hybridized carbons (Fsp3) is 0.353. The van der Waals surface area contributed by atoms with Crippen molar-refractivity contribution in [3.05, 3.63) is 47.2 Å². The molecule has 0 saturated carbocycles. The summed E-state index contributed by atoms with van der Waals surface area (Å²) in [6.45, 7) is 10.00. The van der Waals surface area contributed by atoms with Crippen molar-refractivity contribution in [2.45, 2.75) is 46.1 Å². The largest absolute Gasteiger partial charge is 0.274 e. The highest BCUT2D eigenvalue weighted by atomic mass is 32.2. The molecule has 0 aliphatic heterocycles. The predicted molar refractivity (Wildman–Crippen MR) is 99.0 cm³/mol. The van der Waals surface area contributed by atoms with Gasteiger partial charge in [-0.25, -0.2) is 8.42 Å². The number of hydrogen-bond donors (Lipinski definition) is 1. The summed E-state index contributed by atoms with van der Waals surface area (Å²) in [6.07, 6.45) is 2.98. The summed E-state index contributed by atoms with van der Waals surface area (Å²) in [6, 6.07) is 3.65. The Balaban J connectivity index is 2.13. The predicted octanol–water partition coefficient (Wildman–Crippen LogP) is 2.52. The summed E-state index contributed by atoms with van der Waals surface area (Å²) in [5, 5.41) is 12.0. The van der Waals surface area contributed by atoms with Gasteiger partial charge in [0.15, 0.2) is 5.82 Å². The number of anilines is 1. The van der Waals surface area contributed by atoms with E-state index in [1.807, 2.05) is 40.7 Å². The van der Waals surface area contributed by atoms with Gasteiger partial charge in [-0.15, -0.1) is 10.2 Å². The van der Waals surface area contributed by atoms with Crippen molar-refractivity contribution in [2.24, 2.45) is 0 Å². The van der Waals surface area contributed by atoms with Gasteiger partial charge in [0, 0.05) is 6.54 Å². The maximum absolute atomic E-state index is 13.1. The van der Waals surface area contributed by atoms with Crippen LogP contribution in [-0.4, -0.2) is 33.0 Å². The Morgan fingerprint density at radius 3 is 2.35 bits per heavy atom. The van der Waals surface area contributed by atoms with Crippen LogP contribution in [0.2, 0.25) is 0 Å². The number of aryl methyl sites for hydroxylation is 3. The molecular formula is C17H22N6O2S. The lowest BCUT2D eigenvalue weighted by Gasteiger charge is -2.14. The first kappa shape index (κ1) is 18.1.